The van der Waals surface area contributed by atoms with Crippen LogP contribution in [0.1, 0.15) is 52.8 Å². The van der Waals surface area contributed by atoms with E-state index in [0.29, 0.717) is 4.83 Å². The van der Waals surface area contributed by atoms with Crippen LogP contribution in [0, 0.1) is 0 Å². The molecular weight excluding hydrogens is 248 g/mol. The Morgan fingerprint density at radius 1 is 0.867 bits per heavy atom. The highest BCUT2D eigenvalue weighted by atomic mass is 79.9. The van der Waals surface area contributed by atoms with Crippen LogP contribution < -0.4 is 0 Å². The van der Waals surface area contributed by atoms with Gasteiger partial charge in [-0.15, -0.1) is 0 Å². The highest BCUT2D eigenvalue weighted by Crippen LogP contribution is 2.38. The molecule has 15 heavy (non-hydrogen) atoms. The largest absolute Gasteiger partial charge is 0.0839 e. The first-order chi connectivity index (χ1) is 7.34. The average Bonchev–Trinajstić information content (AvgIpc) is 2.27. The van der Waals surface area contributed by atoms with E-state index in [1.807, 2.05) is 0 Å². The Morgan fingerprint density at radius 2 is 1.53 bits per heavy atom. The van der Waals surface area contributed by atoms with Gasteiger partial charge < -0.3 is 0 Å². The van der Waals surface area contributed by atoms with Crippen molar-refractivity contribution in [3.05, 3.63) is 34.4 Å². The van der Waals surface area contributed by atoms with Gasteiger partial charge in [0.25, 0.3) is 0 Å². The van der Waals surface area contributed by atoms with Crippen LogP contribution in [0.3, 0.4) is 0 Å². The number of halogens is 1. The van der Waals surface area contributed by atoms with Gasteiger partial charge in [0.1, 0.15) is 0 Å². The molecule has 0 spiro atoms. The molecule has 0 fully saturated rings. The first-order valence-electron chi connectivity index (χ1n) is 6.13. The van der Waals surface area contributed by atoms with E-state index in [-0.39, 0.29) is 0 Å². The minimum Gasteiger partial charge on any atom is -0.0839 e. The second-order valence-electron chi connectivity index (χ2n) is 4.89. The van der Waals surface area contributed by atoms with E-state index >= 15 is 0 Å². The maximum atomic E-state index is 3.81. The van der Waals surface area contributed by atoms with Gasteiger partial charge in [0.15, 0.2) is 0 Å². The number of alkyl halides is 1. The fraction of sp³-hybridized carbons (Fsp3) is 0.571. The lowest BCUT2D eigenvalue weighted by Crippen LogP contribution is -2.10. The van der Waals surface area contributed by atoms with Gasteiger partial charge in [0.2, 0.25) is 0 Å². The molecule has 0 nitrogen and oxygen atoms in total. The number of fused-ring (bicyclic) bond motifs is 2. The molecule has 1 atom stereocenters. The Balaban J connectivity index is 2.08. The van der Waals surface area contributed by atoms with Crippen LogP contribution in [0.5, 0.6) is 0 Å². The van der Waals surface area contributed by atoms with E-state index in [9.17, 15) is 0 Å². The van der Waals surface area contributed by atoms with Crippen molar-refractivity contribution < 1.29 is 0 Å². The summed E-state index contributed by atoms with van der Waals surface area (Å²) in [5.74, 6) is 0. The Hall–Kier alpha value is -0.300. The van der Waals surface area contributed by atoms with E-state index in [1.54, 1.807) is 22.3 Å². The van der Waals surface area contributed by atoms with Crippen molar-refractivity contribution in [1.82, 2.24) is 0 Å². The number of rotatable bonds is 0. The van der Waals surface area contributed by atoms with Crippen molar-refractivity contribution >= 4 is 15.9 Å². The molecule has 0 amide bonds. The molecule has 0 aliphatic heterocycles. The number of hydrogen-bond donors (Lipinski definition) is 0. The third-order valence-electron chi connectivity index (χ3n) is 3.84. The van der Waals surface area contributed by atoms with E-state index in [2.05, 4.69) is 28.1 Å². The summed E-state index contributed by atoms with van der Waals surface area (Å²) >= 11 is 3.81. The molecule has 80 valence electrons. The van der Waals surface area contributed by atoms with Gasteiger partial charge in [0, 0.05) is 4.83 Å². The molecule has 1 aromatic rings. The van der Waals surface area contributed by atoms with E-state index in [1.165, 1.54) is 44.9 Å². The predicted molar refractivity (Wildman–Crippen MR) is 67.7 cm³/mol. The highest BCUT2D eigenvalue weighted by Gasteiger charge is 2.20. The first-order valence-corrected chi connectivity index (χ1v) is 7.05. The van der Waals surface area contributed by atoms with Crippen molar-refractivity contribution in [2.45, 2.75) is 49.8 Å². The summed E-state index contributed by atoms with van der Waals surface area (Å²) in [5, 5.41) is 0. The zero-order valence-electron chi connectivity index (χ0n) is 9.06. The summed E-state index contributed by atoms with van der Waals surface area (Å²) in [5.41, 5.74) is 6.47. The standard InChI is InChI=1S/C14H17Br/c15-14-7-3-6-12-8-10-4-1-2-5-11(10)9-13(12)14/h8-9,14H,1-7H2. The quantitative estimate of drug-likeness (QED) is 0.612. The van der Waals surface area contributed by atoms with Crippen molar-refractivity contribution in [2.75, 3.05) is 0 Å². The van der Waals surface area contributed by atoms with Crippen molar-refractivity contribution in [3.8, 4) is 0 Å². The average molecular weight is 265 g/mol. The Labute approximate surface area is 100 Å². The van der Waals surface area contributed by atoms with Crippen LogP contribution in [-0.4, -0.2) is 0 Å². The lowest BCUT2D eigenvalue weighted by Gasteiger charge is -2.25. The highest BCUT2D eigenvalue weighted by molar-refractivity contribution is 9.09. The first kappa shape index (κ1) is 9.89. The van der Waals surface area contributed by atoms with Gasteiger partial charge in [-0.1, -0.05) is 28.1 Å². The maximum absolute atomic E-state index is 3.81. The van der Waals surface area contributed by atoms with Gasteiger partial charge >= 0.3 is 0 Å². The topological polar surface area (TPSA) is 0 Å². The van der Waals surface area contributed by atoms with E-state index in [0.717, 1.165) is 0 Å². The Kier molecular flexibility index (Phi) is 2.59. The molecule has 0 saturated heterocycles. The second-order valence-corrected chi connectivity index (χ2v) is 5.99. The third kappa shape index (κ3) is 1.75. The molecule has 1 unspecified atom stereocenters. The summed E-state index contributed by atoms with van der Waals surface area (Å²) < 4.78 is 0. The molecule has 3 rings (SSSR count). The van der Waals surface area contributed by atoms with Crippen molar-refractivity contribution in [1.29, 1.82) is 0 Å². The van der Waals surface area contributed by atoms with Gasteiger partial charge in [-0.2, -0.15) is 0 Å². The molecule has 1 heteroatoms. The fourth-order valence-corrected chi connectivity index (χ4v) is 3.74. The second kappa shape index (κ2) is 3.93. The normalized spacial score (nSPS) is 24.5. The van der Waals surface area contributed by atoms with Crippen LogP contribution >= 0.6 is 15.9 Å². The van der Waals surface area contributed by atoms with E-state index < -0.39 is 0 Å². The lowest BCUT2D eigenvalue weighted by molar-refractivity contribution is 0.656. The maximum Gasteiger partial charge on any atom is 0.0398 e. The van der Waals surface area contributed by atoms with Crippen LogP contribution in [0.15, 0.2) is 12.1 Å². The van der Waals surface area contributed by atoms with Crippen LogP contribution in [-0.2, 0) is 19.3 Å². The van der Waals surface area contributed by atoms with Crippen LogP contribution in [0.25, 0.3) is 0 Å². The number of benzene rings is 1. The molecule has 0 N–H and O–H groups in total. The van der Waals surface area contributed by atoms with Crippen molar-refractivity contribution in [2.24, 2.45) is 0 Å². The number of hydrogen-bond acceptors (Lipinski definition) is 0. The summed E-state index contributed by atoms with van der Waals surface area (Å²) in [4.78, 5) is 0.619. The molecule has 0 aromatic heterocycles. The summed E-state index contributed by atoms with van der Waals surface area (Å²) in [7, 11) is 0. The van der Waals surface area contributed by atoms with Crippen molar-refractivity contribution in [3.63, 3.8) is 0 Å². The van der Waals surface area contributed by atoms with Gasteiger partial charge in [0.05, 0.1) is 0 Å². The van der Waals surface area contributed by atoms with Crippen LogP contribution in [0.2, 0.25) is 0 Å². The Morgan fingerprint density at radius 3 is 2.33 bits per heavy atom. The molecule has 1 aromatic carbocycles. The minimum absolute atomic E-state index is 0.619. The van der Waals surface area contributed by atoms with Gasteiger partial charge in [-0.25, -0.2) is 0 Å². The smallest absolute Gasteiger partial charge is 0.0398 e. The SMILES string of the molecule is BrC1CCCc2cc3c(cc21)CCCC3. The molecular formula is C14H17Br. The van der Waals surface area contributed by atoms with E-state index in [4.69, 9.17) is 0 Å². The zero-order chi connectivity index (χ0) is 10.3. The molecule has 0 radical (unpaired) electrons. The molecule has 2 aliphatic rings. The molecule has 0 bridgehead atoms. The zero-order valence-corrected chi connectivity index (χ0v) is 10.6. The summed E-state index contributed by atoms with van der Waals surface area (Å²) in [6, 6.07) is 4.99. The monoisotopic (exact) mass is 264 g/mol. The fourth-order valence-electron chi connectivity index (χ4n) is 2.99. The minimum atomic E-state index is 0.619. The molecule has 0 saturated carbocycles. The summed E-state index contributed by atoms with van der Waals surface area (Å²) in [6.07, 6.45) is 9.36. The summed E-state index contributed by atoms with van der Waals surface area (Å²) in [6.45, 7) is 0. The third-order valence-corrected chi connectivity index (χ3v) is 4.80. The van der Waals surface area contributed by atoms with Gasteiger partial charge in [-0.3, -0.25) is 0 Å². The number of aryl methyl sites for hydroxylation is 3. The Bertz CT molecular complexity index is 381. The van der Waals surface area contributed by atoms with Crippen LogP contribution in [0.4, 0.5) is 0 Å². The predicted octanol–water partition coefficient (Wildman–Crippen LogP) is 4.34. The molecule has 0 heterocycles. The van der Waals surface area contributed by atoms with Gasteiger partial charge in [-0.05, 0) is 67.2 Å². The lowest BCUT2D eigenvalue weighted by atomic mass is 9.83. The molecule has 2 aliphatic carbocycles.